The van der Waals surface area contributed by atoms with Gasteiger partial charge in [-0.3, -0.25) is 25.8 Å². The molecule has 110 valence electrons. The summed E-state index contributed by atoms with van der Waals surface area (Å²) in [5, 5.41) is 10.7. The average Bonchev–Trinajstić information content (AvgIpc) is 2.35. The van der Waals surface area contributed by atoms with Gasteiger partial charge in [0.05, 0.1) is 10.5 Å². The zero-order chi connectivity index (χ0) is 15.3. The topological polar surface area (TPSA) is 93.5 Å². The molecule has 0 spiro atoms. The van der Waals surface area contributed by atoms with Crippen LogP contribution in [0.3, 0.4) is 0 Å². The molecule has 1 amide bonds. The van der Waals surface area contributed by atoms with E-state index in [1.54, 1.807) is 0 Å². The lowest BCUT2D eigenvalue weighted by molar-refractivity contribution is -0.384. The first-order valence-electron chi connectivity index (χ1n) is 5.15. The van der Waals surface area contributed by atoms with E-state index in [0.29, 0.717) is 12.1 Å². The highest BCUT2D eigenvalue weighted by molar-refractivity contribution is 5.79. The highest BCUT2D eigenvalue weighted by Crippen LogP contribution is 2.34. The summed E-state index contributed by atoms with van der Waals surface area (Å²) in [4.78, 5) is 20.8. The Morgan fingerprint density at radius 1 is 1.45 bits per heavy atom. The molecule has 0 aliphatic carbocycles. The van der Waals surface area contributed by atoms with Crippen molar-refractivity contribution in [2.45, 2.75) is 6.18 Å². The molecule has 0 heterocycles. The van der Waals surface area contributed by atoms with Gasteiger partial charge in [-0.05, 0) is 12.1 Å². The number of benzene rings is 1. The van der Waals surface area contributed by atoms with Crippen molar-refractivity contribution in [2.24, 2.45) is 0 Å². The second-order valence-electron chi connectivity index (χ2n) is 3.59. The van der Waals surface area contributed by atoms with Gasteiger partial charge in [-0.25, -0.2) is 0 Å². The first-order valence-corrected chi connectivity index (χ1v) is 5.15. The van der Waals surface area contributed by atoms with E-state index < -0.39 is 28.3 Å². The number of nitro benzene ring substituents is 1. The molecular weight excluding hydrogens is 283 g/mol. The van der Waals surface area contributed by atoms with E-state index in [1.165, 1.54) is 7.11 Å². The number of ether oxygens (including phenoxy) is 1. The quantitative estimate of drug-likeness (QED) is 0.636. The van der Waals surface area contributed by atoms with Crippen molar-refractivity contribution in [3.63, 3.8) is 0 Å². The van der Waals surface area contributed by atoms with Crippen LogP contribution >= 0.6 is 0 Å². The van der Waals surface area contributed by atoms with Gasteiger partial charge in [-0.1, -0.05) is 0 Å². The predicted octanol–water partition coefficient (Wildman–Crippen LogP) is 1.70. The molecule has 0 radical (unpaired) electrons. The third-order valence-electron chi connectivity index (χ3n) is 2.13. The summed E-state index contributed by atoms with van der Waals surface area (Å²) < 4.78 is 41.8. The van der Waals surface area contributed by atoms with Crippen LogP contribution in [0.15, 0.2) is 18.2 Å². The van der Waals surface area contributed by atoms with E-state index in [1.807, 2.05) is 0 Å². The van der Waals surface area contributed by atoms with Gasteiger partial charge < -0.3 is 4.74 Å². The monoisotopic (exact) mass is 293 g/mol. The number of carbonyl (C=O) groups is 1. The van der Waals surface area contributed by atoms with Crippen LogP contribution in [0.25, 0.3) is 0 Å². The number of alkyl halides is 3. The van der Waals surface area contributed by atoms with Crippen molar-refractivity contribution in [3.8, 4) is 0 Å². The Balaban J connectivity index is 2.97. The molecule has 7 nitrogen and oxygen atoms in total. The number of hydrogen-bond acceptors (Lipinski definition) is 5. The highest BCUT2D eigenvalue weighted by atomic mass is 19.4. The maximum atomic E-state index is 12.4. The molecule has 0 saturated carbocycles. The number of amides is 1. The van der Waals surface area contributed by atoms with Crippen LogP contribution in [0.4, 0.5) is 24.5 Å². The van der Waals surface area contributed by atoms with Crippen molar-refractivity contribution >= 4 is 17.3 Å². The van der Waals surface area contributed by atoms with E-state index in [4.69, 9.17) is 0 Å². The lowest BCUT2D eigenvalue weighted by atomic mass is 10.1. The Kier molecular flexibility index (Phi) is 4.86. The zero-order valence-corrected chi connectivity index (χ0v) is 10.2. The number of halogens is 3. The zero-order valence-electron chi connectivity index (χ0n) is 10.2. The smallest absolute Gasteiger partial charge is 0.375 e. The van der Waals surface area contributed by atoms with Gasteiger partial charge in [-0.2, -0.15) is 13.2 Å². The molecule has 2 N–H and O–H groups in total. The molecule has 0 saturated heterocycles. The fourth-order valence-corrected chi connectivity index (χ4v) is 1.27. The summed E-state index contributed by atoms with van der Waals surface area (Å²) >= 11 is 0. The Bertz CT molecular complexity index is 519. The van der Waals surface area contributed by atoms with Crippen LogP contribution < -0.4 is 10.9 Å². The van der Waals surface area contributed by atoms with Crippen LogP contribution in [-0.2, 0) is 15.7 Å². The molecule has 0 fully saturated rings. The van der Waals surface area contributed by atoms with E-state index in [2.05, 4.69) is 15.6 Å². The van der Waals surface area contributed by atoms with E-state index in [-0.39, 0.29) is 12.3 Å². The number of carbonyl (C=O) groups excluding carboxylic acids is 1. The summed E-state index contributed by atoms with van der Waals surface area (Å²) in [6, 6.07) is 1.90. The summed E-state index contributed by atoms with van der Waals surface area (Å²) in [6.45, 7) is -0.304. The lowest BCUT2D eigenvalue weighted by Gasteiger charge is -2.11. The molecule has 0 atom stereocenters. The Morgan fingerprint density at radius 2 is 2.10 bits per heavy atom. The van der Waals surface area contributed by atoms with Gasteiger partial charge in [0.1, 0.15) is 12.3 Å². The van der Waals surface area contributed by atoms with Gasteiger partial charge in [0.25, 0.3) is 11.6 Å². The predicted molar refractivity (Wildman–Crippen MR) is 61.7 cm³/mol. The Labute approximate surface area is 110 Å². The molecule has 0 aromatic heterocycles. The second-order valence-corrected chi connectivity index (χ2v) is 3.59. The third-order valence-corrected chi connectivity index (χ3v) is 2.13. The number of hydrogen-bond donors (Lipinski definition) is 2. The van der Waals surface area contributed by atoms with Crippen LogP contribution in [0, 0.1) is 10.1 Å². The van der Waals surface area contributed by atoms with E-state index in [9.17, 15) is 28.1 Å². The number of anilines is 1. The minimum atomic E-state index is -4.69. The number of rotatable bonds is 5. The molecule has 0 aliphatic heterocycles. The molecule has 1 rings (SSSR count). The van der Waals surface area contributed by atoms with E-state index in [0.717, 1.165) is 6.07 Å². The average molecular weight is 293 g/mol. The first kappa shape index (κ1) is 15.7. The molecule has 10 heteroatoms. The Morgan fingerprint density at radius 3 is 2.60 bits per heavy atom. The van der Waals surface area contributed by atoms with Crippen molar-refractivity contribution in [2.75, 3.05) is 19.1 Å². The molecule has 1 aromatic carbocycles. The van der Waals surface area contributed by atoms with Crippen molar-refractivity contribution in [1.29, 1.82) is 0 Å². The summed E-state index contributed by atoms with van der Waals surface area (Å²) in [6.07, 6.45) is -4.69. The minimum Gasteiger partial charge on any atom is -0.375 e. The Hall–Kier alpha value is -2.36. The SMILES string of the molecule is COCC(=O)NNc1ccc(C(F)(F)F)cc1[N+](=O)[O-]. The number of nitrogens with one attached hydrogen (secondary N) is 2. The van der Waals surface area contributed by atoms with Gasteiger partial charge in [0, 0.05) is 13.2 Å². The number of methoxy groups -OCH3 is 1. The molecule has 0 unspecified atom stereocenters. The first-order chi connectivity index (χ1) is 9.25. The second kappa shape index (κ2) is 6.19. The largest absolute Gasteiger partial charge is 0.416 e. The molecular formula is C10H10F3N3O4. The van der Waals surface area contributed by atoms with Gasteiger partial charge in [0.15, 0.2) is 0 Å². The molecule has 0 aliphatic rings. The highest BCUT2D eigenvalue weighted by Gasteiger charge is 2.33. The molecule has 0 bridgehead atoms. The van der Waals surface area contributed by atoms with Gasteiger partial charge in [0.2, 0.25) is 0 Å². The van der Waals surface area contributed by atoms with Crippen molar-refractivity contribution in [3.05, 3.63) is 33.9 Å². The van der Waals surface area contributed by atoms with Crippen LogP contribution in [0.1, 0.15) is 5.56 Å². The summed E-state index contributed by atoms with van der Waals surface area (Å²) in [5.41, 5.74) is 1.99. The molecule has 1 aromatic rings. The summed E-state index contributed by atoms with van der Waals surface area (Å²) in [5.74, 6) is -0.637. The fraction of sp³-hybridized carbons (Fsp3) is 0.300. The normalized spacial score (nSPS) is 11.0. The lowest BCUT2D eigenvalue weighted by Crippen LogP contribution is -2.32. The van der Waals surface area contributed by atoms with Crippen molar-refractivity contribution in [1.82, 2.24) is 5.43 Å². The fourth-order valence-electron chi connectivity index (χ4n) is 1.27. The maximum Gasteiger partial charge on any atom is 0.416 e. The van der Waals surface area contributed by atoms with Gasteiger partial charge >= 0.3 is 6.18 Å². The van der Waals surface area contributed by atoms with E-state index >= 15 is 0 Å². The van der Waals surface area contributed by atoms with Crippen molar-refractivity contribution < 1.29 is 27.6 Å². The third kappa shape index (κ3) is 4.09. The summed E-state index contributed by atoms with van der Waals surface area (Å²) in [7, 11) is 1.26. The number of nitro groups is 1. The maximum absolute atomic E-state index is 12.4. The molecule has 20 heavy (non-hydrogen) atoms. The number of nitrogens with zero attached hydrogens (tertiary/aromatic N) is 1. The minimum absolute atomic E-state index is 0.271. The standard InChI is InChI=1S/C10H10F3N3O4/c1-20-5-9(17)15-14-7-3-2-6(10(11,12)13)4-8(7)16(18)19/h2-4,14H,5H2,1H3,(H,15,17). The van der Waals surface area contributed by atoms with Gasteiger partial charge in [-0.15, -0.1) is 0 Å². The number of hydrazine groups is 1. The van der Waals surface area contributed by atoms with Crippen LogP contribution in [-0.4, -0.2) is 24.5 Å². The van der Waals surface area contributed by atoms with Crippen LogP contribution in [0.5, 0.6) is 0 Å². The van der Waals surface area contributed by atoms with Crippen LogP contribution in [0.2, 0.25) is 0 Å².